The molecule has 0 aliphatic carbocycles. The van der Waals surface area contributed by atoms with Crippen molar-refractivity contribution in [1.29, 1.82) is 0 Å². The van der Waals surface area contributed by atoms with Crippen LogP contribution in [0.15, 0.2) is 12.3 Å². The number of amides is 1. The molecule has 0 saturated carbocycles. The number of hydrogen-bond donors (Lipinski definition) is 1. The molecule has 0 aromatic carbocycles. The number of nitrogens with one attached hydrogen (secondary N) is 1. The normalized spacial score (nSPS) is 10.8. The Bertz CT molecular complexity index is 436. The zero-order chi connectivity index (χ0) is 13.1. The SMILES string of the molecule is COc1nccc(NC(=O)C(C)(C)C)c1C=O. The predicted octanol–water partition coefficient (Wildman–Crippen LogP) is 1.89. The van der Waals surface area contributed by atoms with Crippen molar-refractivity contribution in [2.24, 2.45) is 5.41 Å². The van der Waals surface area contributed by atoms with E-state index >= 15 is 0 Å². The molecule has 5 heteroatoms. The summed E-state index contributed by atoms with van der Waals surface area (Å²) in [4.78, 5) is 26.7. The number of carbonyl (C=O) groups is 2. The minimum absolute atomic E-state index is 0.172. The van der Waals surface area contributed by atoms with Crippen molar-refractivity contribution in [2.45, 2.75) is 20.8 Å². The summed E-state index contributed by atoms with van der Waals surface area (Å²) in [5, 5.41) is 2.69. The molecule has 0 radical (unpaired) electrons. The van der Waals surface area contributed by atoms with Crippen molar-refractivity contribution in [2.75, 3.05) is 12.4 Å². The number of methoxy groups -OCH3 is 1. The fourth-order valence-corrected chi connectivity index (χ4v) is 1.15. The molecule has 1 N–H and O–H groups in total. The molecule has 0 aliphatic heterocycles. The van der Waals surface area contributed by atoms with Crippen LogP contribution in [0.3, 0.4) is 0 Å². The molecule has 0 aliphatic rings. The number of ether oxygens (including phenoxy) is 1. The maximum absolute atomic E-state index is 11.8. The Labute approximate surface area is 100 Å². The molecule has 5 nitrogen and oxygen atoms in total. The van der Waals surface area contributed by atoms with Crippen LogP contribution >= 0.6 is 0 Å². The van der Waals surface area contributed by atoms with Gasteiger partial charge in [0.25, 0.3) is 0 Å². The van der Waals surface area contributed by atoms with Crippen LogP contribution in [-0.4, -0.2) is 24.3 Å². The van der Waals surface area contributed by atoms with Gasteiger partial charge in [-0.1, -0.05) is 20.8 Å². The topological polar surface area (TPSA) is 68.3 Å². The van der Waals surface area contributed by atoms with Gasteiger partial charge >= 0.3 is 0 Å². The number of carbonyl (C=O) groups excluding carboxylic acids is 2. The van der Waals surface area contributed by atoms with Crippen LogP contribution in [0.25, 0.3) is 0 Å². The fourth-order valence-electron chi connectivity index (χ4n) is 1.15. The highest BCUT2D eigenvalue weighted by Crippen LogP contribution is 2.24. The Balaban J connectivity index is 3.07. The second-order valence-electron chi connectivity index (χ2n) is 4.60. The largest absolute Gasteiger partial charge is 0.480 e. The molecule has 1 heterocycles. The van der Waals surface area contributed by atoms with Crippen LogP contribution in [0.1, 0.15) is 31.1 Å². The summed E-state index contributed by atoms with van der Waals surface area (Å²) < 4.78 is 4.95. The second-order valence-corrected chi connectivity index (χ2v) is 4.60. The van der Waals surface area contributed by atoms with Gasteiger partial charge in [0.2, 0.25) is 11.8 Å². The van der Waals surface area contributed by atoms with Crippen LogP contribution in [0, 0.1) is 5.41 Å². The van der Waals surface area contributed by atoms with Crippen molar-refractivity contribution in [3.05, 3.63) is 17.8 Å². The third-order valence-corrected chi connectivity index (χ3v) is 2.19. The van der Waals surface area contributed by atoms with Crippen molar-refractivity contribution in [1.82, 2.24) is 4.98 Å². The first-order valence-electron chi connectivity index (χ1n) is 5.19. The Morgan fingerprint density at radius 3 is 2.59 bits per heavy atom. The smallest absolute Gasteiger partial charge is 0.229 e. The van der Waals surface area contributed by atoms with E-state index < -0.39 is 5.41 Å². The van der Waals surface area contributed by atoms with E-state index in [0.29, 0.717) is 12.0 Å². The van der Waals surface area contributed by atoms with E-state index in [4.69, 9.17) is 4.74 Å². The molecule has 0 fully saturated rings. The van der Waals surface area contributed by atoms with Crippen LogP contribution in [0.4, 0.5) is 5.69 Å². The predicted molar refractivity (Wildman–Crippen MR) is 64.3 cm³/mol. The molecule has 0 saturated heterocycles. The molecule has 1 aromatic rings. The molecular formula is C12H16N2O3. The molecule has 0 spiro atoms. The zero-order valence-electron chi connectivity index (χ0n) is 10.4. The third kappa shape index (κ3) is 3.03. The molecule has 1 rings (SSSR count). The van der Waals surface area contributed by atoms with E-state index in [-0.39, 0.29) is 17.4 Å². The maximum atomic E-state index is 11.8. The number of rotatable bonds is 3. The number of anilines is 1. The number of aldehydes is 1. The summed E-state index contributed by atoms with van der Waals surface area (Å²) in [6.07, 6.45) is 2.09. The summed E-state index contributed by atoms with van der Waals surface area (Å²) in [7, 11) is 1.42. The standard InChI is InChI=1S/C12H16N2O3/c1-12(2,3)11(16)14-9-5-6-13-10(17-4)8(9)7-15/h5-7H,1-4H3,(H,13,14,16). The van der Waals surface area contributed by atoms with Crippen LogP contribution < -0.4 is 10.1 Å². The quantitative estimate of drug-likeness (QED) is 0.814. The Hall–Kier alpha value is -1.91. The van der Waals surface area contributed by atoms with Gasteiger partial charge in [-0.2, -0.15) is 0 Å². The number of nitrogens with zero attached hydrogens (tertiary/aromatic N) is 1. The zero-order valence-corrected chi connectivity index (χ0v) is 10.4. The molecule has 0 unspecified atom stereocenters. The van der Waals surface area contributed by atoms with Gasteiger partial charge in [-0.15, -0.1) is 0 Å². The average Bonchev–Trinajstić information content (AvgIpc) is 2.27. The first-order chi connectivity index (χ1) is 7.90. The molecule has 1 amide bonds. The lowest BCUT2D eigenvalue weighted by molar-refractivity contribution is -0.123. The molecule has 0 bridgehead atoms. The van der Waals surface area contributed by atoms with E-state index in [1.165, 1.54) is 13.3 Å². The number of aromatic nitrogens is 1. The second kappa shape index (κ2) is 4.95. The van der Waals surface area contributed by atoms with E-state index in [1.54, 1.807) is 26.8 Å². The van der Waals surface area contributed by atoms with Gasteiger partial charge in [0.15, 0.2) is 6.29 Å². The van der Waals surface area contributed by atoms with Crippen LogP contribution in [0.2, 0.25) is 0 Å². The number of pyridine rings is 1. The molecule has 0 atom stereocenters. The summed E-state index contributed by atoms with van der Waals surface area (Å²) in [6.45, 7) is 5.38. The van der Waals surface area contributed by atoms with Gasteiger partial charge in [0, 0.05) is 11.6 Å². The summed E-state index contributed by atoms with van der Waals surface area (Å²) in [5.74, 6) is 0.0283. The molecule has 92 valence electrons. The van der Waals surface area contributed by atoms with Crippen LogP contribution in [-0.2, 0) is 4.79 Å². The van der Waals surface area contributed by atoms with E-state index in [1.807, 2.05) is 0 Å². The van der Waals surface area contributed by atoms with E-state index in [9.17, 15) is 9.59 Å². The lowest BCUT2D eigenvalue weighted by atomic mass is 9.95. The van der Waals surface area contributed by atoms with Crippen molar-refractivity contribution >= 4 is 17.9 Å². The van der Waals surface area contributed by atoms with Crippen molar-refractivity contribution < 1.29 is 14.3 Å². The Morgan fingerprint density at radius 2 is 2.12 bits per heavy atom. The Kier molecular flexibility index (Phi) is 3.83. The van der Waals surface area contributed by atoms with Gasteiger partial charge in [-0.25, -0.2) is 4.98 Å². The number of hydrogen-bond acceptors (Lipinski definition) is 4. The summed E-state index contributed by atoms with van der Waals surface area (Å²) >= 11 is 0. The monoisotopic (exact) mass is 236 g/mol. The summed E-state index contributed by atoms with van der Waals surface area (Å²) in [6, 6.07) is 1.57. The van der Waals surface area contributed by atoms with Crippen molar-refractivity contribution in [3.63, 3.8) is 0 Å². The first-order valence-corrected chi connectivity index (χ1v) is 5.19. The minimum Gasteiger partial charge on any atom is -0.480 e. The highest BCUT2D eigenvalue weighted by atomic mass is 16.5. The lowest BCUT2D eigenvalue weighted by Crippen LogP contribution is -2.28. The highest BCUT2D eigenvalue weighted by molar-refractivity contribution is 5.99. The van der Waals surface area contributed by atoms with Gasteiger partial charge in [0.05, 0.1) is 18.4 Å². The molecule has 17 heavy (non-hydrogen) atoms. The minimum atomic E-state index is -0.531. The summed E-state index contributed by atoms with van der Waals surface area (Å²) in [5.41, 5.74) is 0.121. The third-order valence-electron chi connectivity index (χ3n) is 2.19. The first kappa shape index (κ1) is 13.2. The maximum Gasteiger partial charge on any atom is 0.229 e. The average molecular weight is 236 g/mol. The van der Waals surface area contributed by atoms with E-state index in [2.05, 4.69) is 10.3 Å². The Morgan fingerprint density at radius 1 is 1.47 bits per heavy atom. The molecular weight excluding hydrogens is 220 g/mol. The fraction of sp³-hybridized carbons (Fsp3) is 0.417. The van der Waals surface area contributed by atoms with Gasteiger partial charge in [-0.05, 0) is 6.07 Å². The van der Waals surface area contributed by atoms with E-state index in [0.717, 1.165) is 0 Å². The van der Waals surface area contributed by atoms with Gasteiger partial charge in [-0.3, -0.25) is 9.59 Å². The van der Waals surface area contributed by atoms with Crippen LogP contribution in [0.5, 0.6) is 5.88 Å². The lowest BCUT2D eigenvalue weighted by Gasteiger charge is -2.18. The highest BCUT2D eigenvalue weighted by Gasteiger charge is 2.22. The van der Waals surface area contributed by atoms with Gasteiger partial charge < -0.3 is 10.1 Å². The van der Waals surface area contributed by atoms with Crippen molar-refractivity contribution in [3.8, 4) is 5.88 Å². The van der Waals surface area contributed by atoms with Gasteiger partial charge in [0.1, 0.15) is 0 Å². The molecule has 1 aromatic heterocycles.